The average Bonchev–Trinajstić information content (AvgIpc) is 2.62. The van der Waals surface area contributed by atoms with Gasteiger partial charge in [-0.2, -0.15) is 0 Å². The SMILES string of the molecule is COC1(OC)C=C(C(=O)Cl)C=C([N+](=O)[O-])C1(O)OC(=O)c1ccccc1. The largest absolute Gasteiger partial charge is 0.413 e. The van der Waals surface area contributed by atoms with Crippen LogP contribution in [-0.4, -0.2) is 47.0 Å². The Morgan fingerprint density at radius 1 is 1.19 bits per heavy atom. The van der Waals surface area contributed by atoms with Crippen molar-refractivity contribution in [2.75, 3.05) is 14.2 Å². The summed E-state index contributed by atoms with van der Waals surface area (Å²) in [4.78, 5) is 34.3. The van der Waals surface area contributed by atoms with Gasteiger partial charge in [0.1, 0.15) is 0 Å². The minimum Gasteiger partial charge on any atom is -0.413 e. The van der Waals surface area contributed by atoms with Gasteiger partial charge in [-0.25, -0.2) is 4.79 Å². The zero-order valence-corrected chi connectivity index (χ0v) is 14.4. The molecular weight excluding hydrogens is 370 g/mol. The highest BCUT2D eigenvalue weighted by atomic mass is 35.5. The highest BCUT2D eigenvalue weighted by molar-refractivity contribution is 6.68. The van der Waals surface area contributed by atoms with E-state index < -0.39 is 33.4 Å². The second-order valence-electron chi connectivity index (χ2n) is 5.14. The highest BCUT2D eigenvalue weighted by Crippen LogP contribution is 2.41. The number of hydrogen-bond donors (Lipinski definition) is 1. The third kappa shape index (κ3) is 3.25. The van der Waals surface area contributed by atoms with Crippen LogP contribution in [0.1, 0.15) is 10.4 Å². The van der Waals surface area contributed by atoms with E-state index in [1.54, 1.807) is 6.07 Å². The summed E-state index contributed by atoms with van der Waals surface area (Å²) in [7, 11) is 2.08. The Kier molecular flexibility index (Phi) is 5.57. The standard InChI is InChI=1S/C16H14ClNO8/c1-24-15(25-2)9-11(13(17)19)8-12(18(22)23)16(15,21)26-14(20)10-6-4-3-5-7-10/h3-9,21H,1-2H3. The maximum absolute atomic E-state index is 12.4. The first-order valence-electron chi connectivity index (χ1n) is 7.11. The number of carbonyl (C=O) groups is 2. The van der Waals surface area contributed by atoms with E-state index in [1.807, 2.05) is 0 Å². The Hall–Kier alpha value is -2.59. The highest BCUT2D eigenvalue weighted by Gasteiger charge is 2.65. The van der Waals surface area contributed by atoms with Crippen molar-refractivity contribution in [1.82, 2.24) is 0 Å². The van der Waals surface area contributed by atoms with E-state index in [4.69, 9.17) is 25.8 Å². The quantitative estimate of drug-likeness (QED) is 0.257. The topological polar surface area (TPSA) is 125 Å². The second kappa shape index (κ2) is 7.34. The van der Waals surface area contributed by atoms with Gasteiger partial charge >= 0.3 is 17.5 Å². The molecule has 10 heteroatoms. The van der Waals surface area contributed by atoms with Gasteiger partial charge in [0.05, 0.1) is 10.5 Å². The van der Waals surface area contributed by atoms with Crippen LogP contribution in [0.25, 0.3) is 0 Å². The molecule has 9 nitrogen and oxygen atoms in total. The third-order valence-electron chi connectivity index (χ3n) is 3.74. The summed E-state index contributed by atoms with van der Waals surface area (Å²) >= 11 is 5.39. The molecule has 0 saturated carbocycles. The molecule has 0 fully saturated rings. The fourth-order valence-electron chi connectivity index (χ4n) is 2.43. The van der Waals surface area contributed by atoms with Crippen molar-refractivity contribution in [1.29, 1.82) is 0 Å². The fraction of sp³-hybridized carbons (Fsp3) is 0.250. The molecule has 0 amide bonds. The molecule has 0 aromatic heterocycles. The molecule has 0 bridgehead atoms. The molecule has 1 aromatic carbocycles. The lowest BCUT2D eigenvalue weighted by Gasteiger charge is -2.41. The molecule has 0 radical (unpaired) electrons. The van der Waals surface area contributed by atoms with E-state index in [0.29, 0.717) is 6.08 Å². The smallest absolute Gasteiger partial charge is 0.362 e. The van der Waals surface area contributed by atoms with E-state index in [1.165, 1.54) is 24.3 Å². The molecule has 1 aliphatic rings. The molecule has 0 heterocycles. The number of methoxy groups -OCH3 is 2. The summed E-state index contributed by atoms with van der Waals surface area (Å²) in [5.74, 6) is -6.45. The van der Waals surface area contributed by atoms with Gasteiger partial charge in [-0.3, -0.25) is 14.9 Å². The second-order valence-corrected chi connectivity index (χ2v) is 5.48. The molecule has 0 spiro atoms. The van der Waals surface area contributed by atoms with Crippen molar-refractivity contribution < 1.29 is 33.8 Å². The Morgan fingerprint density at radius 3 is 2.23 bits per heavy atom. The molecule has 0 saturated heterocycles. The Balaban J connectivity index is 2.60. The lowest BCUT2D eigenvalue weighted by atomic mass is 9.92. The minimum absolute atomic E-state index is 0.0212. The van der Waals surface area contributed by atoms with Crippen LogP contribution in [-0.2, 0) is 19.0 Å². The molecular formula is C16H14ClNO8. The number of benzene rings is 1. The van der Waals surface area contributed by atoms with Crippen LogP contribution in [0.3, 0.4) is 0 Å². The number of carbonyl (C=O) groups excluding carboxylic acids is 2. The number of nitro groups is 1. The number of rotatable bonds is 6. The number of ether oxygens (including phenoxy) is 3. The van der Waals surface area contributed by atoms with Crippen LogP contribution in [0.15, 0.2) is 53.8 Å². The number of aliphatic hydroxyl groups is 1. The van der Waals surface area contributed by atoms with E-state index >= 15 is 0 Å². The summed E-state index contributed by atoms with van der Waals surface area (Å²) in [6, 6.07) is 7.49. The van der Waals surface area contributed by atoms with Gasteiger partial charge in [0.25, 0.3) is 11.0 Å². The summed E-state index contributed by atoms with van der Waals surface area (Å²) < 4.78 is 15.1. The van der Waals surface area contributed by atoms with Crippen molar-refractivity contribution in [2.45, 2.75) is 11.6 Å². The normalized spacial score (nSPS) is 21.4. The molecule has 138 valence electrons. The van der Waals surface area contributed by atoms with Gasteiger partial charge in [0, 0.05) is 25.9 Å². The summed E-state index contributed by atoms with van der Waals surface area (Å²) in [5.41, 5.74) is -1.41. The van der Waals surface area contributed by atoms with Gasteiger partial charge in [-0.05, 0) is 29.8 Å². The summed E-state index contributed by atoms with van der Waals surface area (Å²) in [6.07, 6.45) is 1.58. The fourth-order valence-corrected chi connectivity index (χ4v) is 2.54. The first kappa shape index (κ1) is 19.7. The molecule has 26 heavy (non-hydrogen) atoms. The minimum atomic E-state index is -3.00. The predicted molar refractivity (Wildman–Crippen MR) is 87.6 cm³/mol. The van der Waals surface area contributed by atoms with E-state index in [2.05, 4.69) is 0 Å². The zero-order valence-electron chi connectivity index (χ0n) is 13.7. The number of allylic oxidation sites excluding steroid dienone is 2. The molecule has 1 atom stereocenters. The first-order valence-corrected chi connectivity index (χ1v) is 7.49. The van der Waals surface area contributed by atoms with Gasteiger partial charge in [0.2, 0.25) is 0 Å². The van der Waals surface area contributed by atoms with Crippen molar-refractivity contribution in [3.05, 3.63) is 69.4 Å². The van der Waals surface area contributed by atoms with Gasteiger partial charge < -0.3 is 19.3 Å². The van der Waals surface area contributed by atoms with Crippen LogP contribution in [0.4, 0.5) is 0 Å². The van der Waals surface area contributed by atoms with Crippen molar-refractivity contribution >= 4 is 22.8 Å². The Bertz CT molecular complexity index is 800. The van der Waals surface area contributed by atoms with Crippen LogP contribution in [0, 0.1) is 10.1 Å². The van der Waals surface area contributed by atoms with E-state index in [9.17, 15) is 24.8 Å². The average molecular weight is 384 g/mol. The van der Waals surface area contributed by atoms with E-state index in [0.717, 1.165) is 20.3 Å². The number of hydrogen-bond acceptors (Lipinski definition) is 8. The Morgan fingerprint density at radius 2 is 1.77 bits per heavy atom. The van der Waals surface area contributed by atoms with Crippen LogP contribution in [0.2, 0.25) is 0 Å². The zero-order chi connectivity index (χ0) is 19.5. The molecule has 1 unspecified atom stereocenters. The van der Waals surface area contributed by atoms with Crippen molar-refractivity contribution in [3.8, 4) is 0 Å². The summed E-state index contributed by atoms with van der Waals surface area (Å²) in [5, 5.41) is 21.4. The number of esters is 1. The number of nitrogens with zero attached hydrogens (tertiary/aromatic N) is 1. The van der Waals surface area contributed by atoms with Gasteiger partial charge in [-0.15, -0.1) is 0 Å². The predicted octanol–water partition coefficient (Wildman–Crippen LogP) is 1.39. The Labute approximate surface area is 152 Å². The maximum atomic E-state index is 12.4. The molecule has 1 aromatic rings. The summed E-state index contributed by atoms with van der Waals surface area (Å²) in [6.45, 7) is 0. The van der Waals surface area contributed by atoms with Crippen molar-refractivity contribution in [2.24, 2.45) is 0 Å². The monoisotopic (exact) mass is 383 g/mol. The van der Waals surface area contributed by atoms with Crippen LogP contribution in [0.5, 0.6) is 0 Å². The lowest BCUT2D eigenvalue weighted by Crippen LogP contribution is -2.62. The van der Waals surface area contributed by atoms with Crippen LogP contribution >= 0.6 is 11.6 Å². The van der Waals surface area contributed by atoms with Gasteiger partial charge in [-0.1, -0.05) is 18.2 Å². The molecule has 1 aliphatic carbocycles. The number of halogens is 1. The van der Waals surface area contributed by atoms with Gasteiger partial charge in [0.15, 0.2) is 0 Å². The molecule has 2 rings (SSSR count). The molecule has 1 N–H and O–H groups in total. The third-order valence-corrected chi connectivity index (χ3v) is 3.96. The van der Waals surface area contributed by atoms with E-state index in [-0.39, 0.29) is 11.1 Å². The molecule has 0 aliphatic heterocycles. The van der Waals surface area contributed by atoms with Crippen molar-refractivity contribution in [3.63, 3.8) is 0 Å². The van der Waals surface area contributed by atoms with Crippen LogP contribution < -0.4 is 0 Å². The first-order chi connectivity index (χ1) is 12.2. The lowest BCUT2D eigenvalue weighted by molar-refractivity contribution is -0.483. The maximum Gasteiger partial charge on any atom is 0.362 e.